The van der Waals surface area contributed by atoms with E-state index in [1.54, 1.807) is 11.6 Å². The van der Waals surface area contributed by atoms with Crippen molar-refractivity contribution in [1.29, 1.82) is 0 Å². The fourth-order valence-corrected chi connectivity index (χ4v) is 5.08. The molecule has 1 atom stereocenters. The van der Waals surface area contributed by atoms with Crippen molar-refractivity contribution in [2.75, 3.05) is 13.1 Å². The molecule has 1 unspecified atom stereocenters. The monoisotopic (exact) mass is 466 g/mol. The number of piperidine rings is 1. The molecule has 1 fully saturated rings. The van der Waals surface area contributed by atoms with Crippen LogP contribution in [-0.4, -0.2) is 38.2 Å². The average Bonchev–Trinajstić information content (AvgIpc) is 3.22. The minimum atomic E-state index is -0.164. The van der Waals surface area contributed by atoms with Crippen LogP contribution in [-0.2, 0) is 11.8 Å². The topological polar surface area (TPSA) is 60.1 Å². The summed E-state index contributed by atoms with van der Waals surface area (Å²) in [6.07, 6.45) is 2.19. The lowest BCUT2D eigenvalue weighted by Crippen LogP contribution is -2.40. The van der Waals surface area contributed by atoms with Gasteiger partial charge in [-0.15, -0.1) is 0 Å². The molecule has 0 saturated carbocycles. The Morgan fingerprint density at radius 1 is 0.914 bits per heavy atom. The number of carbonyl (C=O) groups excluding carboxylic acids is 1. The second kappa shape index (κ2) is 10.1. The van der Waals surface area contributed by atoms with Gasteiger partial charge in [0.05, 0.1) is 5.69 Å². The molecule has 1 aromatic heterocycles. The van der Waals surface area contributed by atoms with Crippen LogP contribution in [0, 0.1) is 0 Å². The van der Waals surface area contributed by atoms with Gasteiger partial charge >= 0.3 is 5.69 Å². The number of hydrogen-bond donors (Lipinski definition) is 0. The number of carbonyl (C=O) groups is 1. The summed E-state index contributed by atoms with van der Waals surface area (Å²) in [7, 11) is 1.68. The van der Waals surface area contributed by atoms with Crippen molar-refractivity contribution in [2.24, 2.45) is 7.05 Å². The lowest BCUT2D eigenvalue weighted by molar-refractivity contribution is -0.132. The van der Waals surface area contributed by atoms with Gasteiger partial charge in [0.1, 0.15) is 5.82 Å². The van der Waals surface area contributed by atoms with E-state index in [0.717, 1.165) is 42.0 Å². The van der Waals surface area contributed by atoms with Crippen LogP contribution in [0.25, 0.3) is 5.69 Å². The minimum absolute atomic E-state index is 0.00243. The van der Waals surface area contributed by atoms with Crippen LogP contribution in [0.5, 0.6) is 0 Å². The number of rotatable bonds is 6. The summed E-state index contributed by atoms with van der Waals surface area (Å²) < 4.78 is 3.08. The number of aryl methyl sites for hydroxylation is 1. The van der Waals surface area contributed by atoms with Gasteiger partial charge in [-0.25, -0.2) is 14.0 Å². The number of nitrogens with zero attached hydrogens (tertiary/aromatic N) is 4. The summed E-state index contributed by atoms with van der Waals surface area (Å²) in [4.78, 5) is 28.4. The van der Waals surface area contributed by atoms with Crippen molar-refractivity contribution in [3.05, 3.63) is 118 Å². The molecule has 6 nitrogen and oxygen atoms in total. The Kier molecular flexibility index (Phi) is 6.62. The maximum absolute atomic E-state index is 13.6. The molecule has 1 amide bonds. The van der Waals surface area contributed by atoms with E-state index < -0.39 is 0 Å². The van der Waals surface area contributed by atoms with Crippen LogP contribution in [0.1, 0.15) is 48.0 Å². The summed E-state index contributed by atoms with van der Waals surface area (Å²) in [5, 5.41) is 4.59. The van der Waals surface area contributed by atoms with E-state index in [1.165, 1.54) is 4.68 Å². The van der Waals surface area contributed by atoms with Crippen molar-refractivity contribution in [3.63, 3.8) is 0 Å². The molecule has 35 heavy (non-hydrogen) atoms. The molecule has 2 heterocycles. The first-order valence-corrected chi connectivity index (χ1v) is 12.2. The molecule has 0 spiro atoms. The molecule has 0 radical (unpaired) electrons. The Morgan fingerprint density at radius 2 is 1.49 bits per heavy atom. The smallest absolute Gasteiger partial charge is 0.342 e. The fourth-order valence-electron chi connectivity index (χ4n) is 5.08. The Bertz CT molecular complexity index is 1290. The van der Waals surface area contributed by atoms with Crippen LogP contribution < -0.4 is 5.69 Å². The molecular weight excluding hydrogens is 436 g/mol. The van der Waals surface area contributed by atoms with Crippen LogP contribution in [0.4, 0.5) is 0 Å². The first-order valence-electron chi connectivity index (χ1n) is 12.2. The third-order valence-corrected chi connectivity index (χ3v) is 6.89. The highest BCUT2D eigenvalue weighted by molar-refractivity contribution is 5.78. The van der Waals surface area contributed by atoms with Crippen LogP contribution in [0.3, 0.4) is 0 Å². The van der Waals surface area contributed by atoms with Gasteiger partial charge in [-0.1, -0.05) is 78.9 Å². The number of likely N-dealkylation sites (tertiary alicyclic amines) is 1. The number of hydrogen-bond acceptors (Lipinski definition) is 3. The summed E-state index contributed by atoms with van der Waals surface area (Å²) >= 11 is 0. The molecule has 3 aromatic carbocycles. The van der Waals surface area contributed by atoms with Gasteiger partial charge in [-0.2, -0.15) is 5.10 Å². The predicted octanol–water partition coefficient (Wildman–Crippen LogP) is 4.50. The quantitative estimate of drug-likeness (QED) is 0.420. The third kappa shape index (κ3) is 4.83. The lowest BCUT2D eigenvalue weighted by Gasteiger charge is -2.33. The van der Waals surface area contributed by atoms with Gasteiger partial charge in [0, 0.05) is 38.4 Å². The van der Waals surface area contributed by atoms with E-state index in [-0.39, 0.29) is 23.4 Å². The van der Waals surface area contributed by atoms with E-state index in [0.29, 0.717) is 13.0 Å². The highest BCUT2D eigenvalue weighted by atomic mass is 16.2. The zero-order chi connectivity index (χ0) is 24.2. The number of amides is 1. The zero-order valence-electron chi connectivity index (χ0n) is 20.0. The molecular formula is C29H30N4O2. The summed E-state index contributed by atoms with van der Waals surface area (Å²) in [6.45, 7) is 1.30. The fraction of sp³-hybridized carbons (Fsp3) is 0.276. The molecule has 178 valence electrons. The second-order valence-corrected chi connectivity index (χ2v) is 9.19. The van der Waals surface area contributed by atoms with E-state index in [1.807, 2.05) is 71.6 Å². The van der Waals surface area contributed by atoms with Gasteiger partial charge in [0.2, 0.25) is 5.91 Å². The molecule has 0 aliphatic carbocycles. The number of benzene rings is 3. The highest BCUT2D eigenvalue weighted by Crippen LogP contribution is 2.31. The Balaban J connectivity index is 1.39. The van der Waals surface area contributed by atoms with Gasteiger partial charge in [0.15, 0.2) is 0 Å². The Hall–Kier alpha value is -3.93. The highest BCUT2D eigenvalue weighted by Gasteiger charge is 2.31. The third-order valence-electron chi connectivity index (χ3n) is 6.89. The summed E-state index contributed by atoms with van der Waals surface area (Å²) in [6, 6.07) is 30.1. The van der Waals surface area contributed by atoms with Gasteiger partial charge in [-0.3, -0.25) is 4.79 Å². The van der Waals surface area contributed by atoms with Gasteiger partial charge in [-0.05, 0) is 36.1 Å². The lowest BCUT2D eigenvalue weighted by atomic mass is 9.87. The Morgan fingerprint density at radius 3 is 2.09 bits per heavy atom. The minimum Gasteiger partial charge on any atom is -0.342 e. The van der Waals surface area contributed by atoms with Crippen LogP contribution in [0.2, 0.25) is 0 Å². The summed E-state index contributed by atoms with van der Waals surface area (Å²) in [5.41, 5.74) is 2.92. The van der Waals surface area contributed by atoms with Crippen LogP contribution in [0.15, 0.2) is 95.8 Å². The van der Waals surface area contributed by atoms with Crippen LogP contribution >= 0.6 is 0 Å². The van der Waals surface area contributed by atoms with Crippen molar-refractivity contribution < 1.29 is 4.79 Å². The molecule has 1 aliphatic rings. The van der Waals surface area contributed by atoms with Gasteiger partial charge < -0.3 is 4.90 Å². The Labute approximate surface area is 205 Å². The standard InChI is InChI=1S/C29H30N4O2/c1-31-29(35)33(25-17-9-4-10-18-25)28(30-31)24-16-11-19-32(21-24)27(34)20-26(22-12-5-2-6-13-22)23-14-7-3-8-15-23/h2-10,12-15,17-18,24,26H,11,16,19-21H2,1H3. The molecule has 4 aromatic rings. The second-order valence-electron chi connectivity index (χ2n) is 9.19. The molecule has 0 bridgehead atoms. The van der Waals surface area contributed by atoms with Crippen molar-refractivity contribution in [2.45, 2.75) is 31.1 Å². The molecule has 1 saturated heterocycles. The van der Waals surface area contributed by atoms with E-state index >= 15 is 0 Å². The van der Waals surface area contributed by atoms with Crippen molar-refractivity contribution in [1.82, 2.24) is 19.2 Å². The maximum Gasteiger partial charge on any atom is 0.350 e. The van der Waals surface area contributed by atoms with Crippen molar-refractivity contribution >= 4 is 5.91 Å². The maximum atomic E-state index is 13.6. The van der Waals surface area contributed by atoms with Crippen molar-refractivity contribution in [3.8, 4) is 5.69 Å². The molecule has 0 N–H and O–H groups in total. The first kappa shape index (κ1) is 22.8. The van der Waals surface area contributed by atoms with E-state index in [4.69, 9.17) is 0 Å². The molecule has 6 heteroatoms. The number of para-hydroxylation sites is 1. The summed E-state index contributed by atoms with van der Waals surface area (Å²) in [5.74, 6) is 0.872. The SMILES string of the molecule is Cn1nc(C2CCCN(C(=O)CC(c3ccccc3)c3ccccc3)C2)n(-c2ccccc2)c1=O. The zero-order valence-corrected chi connectivity index (χ0v) is 20.0. The largest absolute Gasteiger partial charge is 0.350 e. The van der Waals surface area contributed by atoms with E-state index in [2.05, 4.69) is 29.4 Å². The van der Waals surface area contributed by atoms with E-state index in [9.17, 15) is 9.59 Å². The molecule has 1 aliphatic heterocycles. The average molecular weight is 467 g/mol. The number of aromatic nitrogens is 3. The first-order chi connectivity index (χ1) is 17.1. The van der Waals surface area contributed by atoms with Gasteiger partial charge in [0.25, 0.3) is 0 Å². The molecule has 5 rings (SSSR count). The normalized spacial score (nSPS) is 15.9. The predicted molar refractivity (Wildman–Crippen MR) is 137 cm³/mol.